The van der Waals surface area contributed by atoms with E-state index in [9.17, 15) is 0 Å². The van der Waals surface area contributed by atoms with Crippen LogP contribution in [0.4, 0.5) is 0 Å². The van der Waals surface area contributed by atoms with Crippen LogP contribution in [-0.2, 0) is 11.3 Å². The van der Waals surface area contributed by atoms with Gasteiger partial charge in [0, 0.05) is 31.5 Å². The molecule has 92 valence electrons. The van der Waals surface area contributed by atoms with E-state index in [4.69, 9.17) is 9.47 Å². The minimum Gasteiger partial charge on any atom is -0.462 e. The topological polar surface area (TPSA) is 30.5 Å². The molecule has 1 aromatic rings. The van der Waals surface area contributed by atoms with Crippen molar-refractivity contribution < 1.29 is 9.47 Å². The SMILES string of the molecule is Cc1cc(C)c2c(c1)COC1(CCNCC1)O2. The van der Waals surface area contributed by atoms with Gasteiger partial charge in [0.2, 0.25) is 5.79 Å². The number of aryl methyl sites for hydroxylation is 2. The van der Waals surface area contributed by atoms with E-state index in [1.54, 1.807) is 0 Å². The van der Waals surface area contributed by atoms with Crippen molar-refractivity contribution in [1.82, 2.24) is 5.32 Å². The third kappa shape index (κ3) is 1.94. The number of piperidine rings is 1. The van der Waals surface area contributed by atoms with Crippen LogP contribution in [0.2, 0.25) is 0 Å². The largest absolute Gasteiger partial charge is 0.462 e. The standard InChI is InChI=1S/C14H19NO2/c1-10-7-11(2)13-12(8-10)9-16-14(17-13)3-5-15-6-4-14/h7-8,15H,3-6,9H2,1-2H3. The molecule has 0 atom stereocenters. The third-order valence-corrected chi connectivity index (χ3v) is 3.64. The van der Waals surface area contributed by atoms with Gasteiger partial charge in [-0.3, -0.25) is 0 Å². The maximum Gasteiger partial charge on any atom is 0.213 e. The van der Waals surface area contributed by atoms with E-state index in [-0.39, 0.29) is 5.79 Å². The number of fused-ring (bicyclic) bond motifs is 1. The fourth-order valence-electron chi connectivity index (χ4n) is 2.77. The molecule has 0 amide bonds. The molecule has 0 aromatic heterocycles. The summed E-state index contributed by atoms with van der Waals surface area (Å²) < 4.78 is 12.2. The summed E-state index contributed by atoms with van der Waals surface area (Å²) in [5, 5.41) is 3.34. The highest BCUT2D eigenvalue weighted by molar-refractivity contribution is 5.44. The van der Waals surface area contributed by atoms with Crippen molar-refractivity contribution in [3.8, 4) is 5.75 Å². The summed E-state index contributed by atoms with van der Waals surface area (Å²) >= 11 is 0. The van der Waals surface area contributed by atoms with Crippen LogP contribution in [0.3, 0.4) is 0 Å². The van der Waals surface area contributed by atoms with Gasteiger partial charge in [-0.1, -0.05) is 17.7 Å². The molecule has 1 fully saturated rings. The van der Waals surface area contributed by atoms with Gasteiger partial charge in [0.05, 0.1) is 6.61 Å². The highest BCUT2D eigenvalue weighted by Crippen LogP contribution is 2.38. The van der Waals surface area contributed by atoms with E-state index in [2.05, 4.69) is 31.3 Å². The molecular formula is C14H19NO2. The van der Waals surface area contributed by atoms with Crippen LogP contribution in [0, 0.1) is 13.8 Å². The van der Waals surface area contributed by atoms with Gasteiger partial charge in [0.1, 0.15) is 5.75 Å². The first kappa shape index (κ1) is 11.1. The Labute approximate surface area is 102 Å². The van der Waals surface area contributed by atoms with Crippen molar-refractivity contribution in [2.45, 2.75) is 39.1 Å². The molecule has 0 radical (unpaired) electrons. The quantitative estimate of drug-likeness (QED) is 0.746. The maximum absolute atomic E-state index is 6.18. The van der Waals surface area contributed by atoms with Crippen LogP contribution < -0.4 is 10.1 Å². The number of hydrogen-bond donors (Lipinski definition) is 1. The Morgan fingerprint density at radius 2 is 1.94 bits per heavy atom. The van der Waals surface area contributed by atoms with Gasteiger partial charge in [0.15, 0.2) is 0 Å². The molecule has 1 N–H and O–H groups in total. The zero-order valence-electron chi connectivity index (χ0n) is 10.5. The molecule has 0 unspecified atom stereocenters. The summed E-state index contributed by atoms with van der Waals surface area (Å²) in [6, 6.07) is 4.34. The normalized spacial score (nSPS) is 22.0. The van der Waals surface area contributed by atoms with Gasteiger partial charge in [-0.2, -0.15) is 0 Å². The summed E-state index contributed by atoms with van der Waals surface area (Å²) in [5.41, 5.74) is 3.68. The molecule has 2 aliphatic heterocycles. The predicted octanol–water partition coefficient (Wildman–Crippen LogP) is 2.29. The zero-order chi connectivity index (χ0) is 11.9. The fourth-order valence-corrected chi connectivity index (χ4v) is 2.77. The van der Waals surface area contributed by atoms with Gasteiger partial charge < -0.3 is 14.8 Å². The van der Waals surface area contributed by atoms with Crippen LogP contribution in [0.15, 0.2) is 12.1 Å². The highest BCUT2D eigenvalue weighted by Gasteiger charge is 2.39. The lowest BCUT2D eigenvalue weighted by atomic mass is 10.0. The second-order valence-electron chi connectivity index (χ2n) is 5.12. The van der Waals surface area contributed by atoms with Gasteiger partial charge in [-0.25, -0.2) is 0 Å². The molecule has 3 heteroatoms. The molecule has 0 bridgehead atoms. The van der Waals surface area contributed by atoms with Crippen molar-refractivity contribution in [2.75, 3.05) is 13.1 Å². The van der Waals surface area contributed by atoms with Crippen LogP contribution in [0.1, 0.15) is 29.5 Å². The average molecular weight is 233 g/mol. The lowest BCUT2D eigenvalue weighted by Crippen LogP contribution is -2.50. The molecule has 1 aromatic carbocycles. The van der Waals surface area contributed by atoms with Gasteiger partial charge in [0.25, 0.3) is 0 Å². The van der Waals surface area contributed by atoms with E-state index >= 15 is 0 Å². The van der Waals surface area contributed by atoms with Crippen molar-refractivity contribution in [1.29, 1.82) is 0 Å². The van der Waals surface area contributed by atoms with Crippen molar-refractivity contribution >= 4 is 0 Å². The average Bonchev–Trinajstić information content (AvgIpc) is 2.32. The number of ether oxygens (including phenoxy) is 2. The first-order valence-corrected chi connectivity index (χ1v) is 6.32. The number of benzene rings is 1. The maximum atomic E-state index is 6.18. The molecule has 3 rings (SSSR count). The minimum absolute atomic E-state index is 0.377. The van der Waals surface area contributed by atoms with E-state index in [1.165, 1.54) is 16.7 Å². The molecule has 2 aliphatic rings. The van der Waals surface area contributed by atoms with Gasteiger partial charge in [-0.15, -0.1) is 0 Å². The Balaban J connectivity index is 1.94. The Hall–Kier alpha value is -1.06. The van der Waals surface area contributed by atoms with Crippen molar-refractivity contribution in [3.63, 3.8) is 0 Å². The summed E-state index contributed by atoms with van der Waals surface area (Å²) in [4.78, 5) is 0. The first-order chi connectivity index (χ1) is 8.19. The molecule has 1 spiro atoms. The summed E-state index contributed by atoms with van der Waals surface area (Å²) in [6.07, 6.45) is 1.86. The molecular weight excluding hydrogens is 214 g/mol. The third-order valence-electron chi connectivity index (χ3n) is 3.64. The molecule has 0 saturated carbocycles. The lowest BCUT2D eigenvalue weighted by Gasteiger charge is -2.41. The zero-order valence-corrected chi connectivity index (χ0v) is 10.5. The number of rotatable bonds is 0. The van der Waals surface area contributed by atoms with E-state index in [0.29, 0.717) is 6.61 Å². The van der Waals surface area contributed by atoms with Gasteiger partial charge in [-0.05, 0) is 19.4 Å². The molecule has 3 nitrogen and oxygen atoms in total. The minimum atomic E-state index is -0.377. The van der Waals surface area contributed by atoms with Crippen LogP contribution >= 0.6 is 0 Å². The second kappa shape index (κ2) is 4.00. The molecule has 1 saturated heterocycles. The van der Waals surface area contributed by atoms with Crippen LogP contribution in [-0.4, -0.2) is 18.9 Å². The Morgan fingerprint density at radius 1 is 1.18 bits per heavy atom. The Morgan fingerprint density at radius 3 is 2.71 bits per heavy atom. The molecule has 0 aliphatic carbocycles. The second-order valence-corrected chi connectivity index (χ2v) is 5.12. The van der Waals surface area contributed by atoms with E-state index in [0.717, 1.165) is 31.7 Å². The van der Waals surface area contributed by atoms with Crippen LogP contribution in [0.25, 0.3) is 0 Å². The van der Waals surface area contributed by atoms with Crippen LogP contribution in [0.5, 0.6) is 5.75 Å². The van der Waals surface area contributed by atoms with E-state index in [1.807, 2.05) is 0 Å². The number of hydrogen-bond acceptors (Lipinski definition) is 3. The summed E-state index contributed by atoms with van der Waals surface area (Å²) in [5.74, 6) is 0.668. The molecule has 2 heterocycles. The van der Waals surface area contributed by atoms with Crippen molar-refractivity contribution in [3.05, 3.63) is 28.8 Å². The van der Waals surface area contributed by atoms with Crippen molar-refractivity contribution in [2.24, 2.45) is 0 Å². The monoisotopic (exact) mass is 233 g/mol. The Bertz CT molecular complexity index is 436. The fraction of sp³-hybridized carbons (Fsp3) is 0.571. The Kier molecular flexibility index (Phi) is 2.60. The summed E-state index contributed by atoms with van der Waals surface area (Å²) in [7, 11) is 0. The van der Waals surface area contributed by atoms with Gasteiger partial charge >= 0.3 is 0 Å². The molecule has 17 heavy (non-hydrogen) atoms. The predicted molar refractivity (Wildman–Crippen MR) is 66.2 cm³/mol. The highest BCUT2D eigenvalue weighted by atomic mass is 16.7. The first-order valence-electron chi connectivity index (χ1n) is 6.32. The number of nitrogens with one attached hydrogen (secondary N) is 1. The van der Waals surface area contributed by atoms with E-state index < -0.39 is 0 Å². The lowest BCUT2D eigenvalue weighted by molar-refractivity contribution is -0.218. The smallest absolute Gasteiger partial charge is 0.213 e. The summed E-state index contributed by atoms with van der Waals surface area (Å²) in [6.45, 7) is 6.85.